The summed E-state index contributed by atoms with van der Waals surface area (Å²) in [6.07, 6.45) is 6.81. The first-order valence-corrected chi connectivity index (χ1v) is 10.9. The summed E-state index contributed by atoms with van der Waals surface area (Å²) in [5.74, 6) is 0.254. The van der Waals surface area contributed by atoms with Crippen molar-refractivity contribution in [1.82, 2.24) is 4.98 Å². The molecule has 1 N–H and O–H groups in total. The van der Waals surface area contributed by atoms with E-state index in [0.717, 1.165) is 48.7 Å². The molecule has 0 saturated heterocycles. The van der Waals surface area contributed by atoms with E-state index in [1.165, 1.54) is 11.6 Å². The van der Waals surface area contributed by atoms with E-state index in [1.54, 1.807) is 24.3 Å². The molecule has 0 radical (unpaired) electrons. The number of benzene rings is 2. The van der Waals surface area contributed by atoms with E-state index in [4.69, 9.17) is 11.6 Å². The molecule has 0 aliphatic heterocycles. The molecule has 3 nitrogen and oxygen atoms in total. The molecule has 0 bridgehead atoms. The first-order valence-electron chi connectivity index (χ1n) is 10.5. The fourth-order valence-electron chi connectivity index (χ4n) is 5.46. The van der Waals surface area contributed by atoms with Crippen molar-refractivity contribution in [2.24, 2.45) is 10.8 Å². The SMILES string of the molecule is C[C@]1(C(=O)Nc2ccc(Cl)cc2)CC12CCC(c1ccnc3ccc(F)cc13)CC2. The molecule has 1 amide bonds. The fraction of sp³-hybridized carbons (Fsp3) is 0.360. The molecule has 1 spiro atoms. The number of aromatic nitrogens is 1. The Bertz CT molecular complexity index is 1120. The van der Waals surface area contributed by atoms with E-state index in [-0.39, 0.29) is 22.6 Å². The van der Waals surface area contributed by atoms with Gasteiger partial charge < -0.3 is 5.32 Å². The quantitative estimate of drug-likeness (QED) is 0.509. The van der Waals surface area contributed by atoms with Crippen LogP contribution in [-0.4, -0.2) is 10.9 Å². The van der Waals surface area contributed by atoms with E-state index in [0.29, 0.717) is 10.9 Å². The van der Waals surface area contributed by atoms with Crippen LogP contribution in [0.25, 0.3) is 10.9 Å². The number of nitrogens with zero attached hydrogens (tertiary/aromatic N) is 1. The Morgan fingerprint density at radius 3 is 2.60 bits per heavy atom. The largest absolute Gasteiger partial charge is 0.326 e. The van der Waals surface area contributed by atoms with E-state index < -0.39 is 0 Å². The minimum Gasteiger partial charge on any atom is -0.326 e. The predicted octanol–water partition coefficient (Wildman–Crippen LogP) is 6.72. The van der Waals surface area contributed by atoms with Crippen LogP contribution in [0.2, 0.25) is 5.02 Å². The molecular weight excluding hydrogens is 399 g/mol. The van der Waals surface area contributed by atoms with Gasteiger partial charge in [0.1, 0.15) is 5.82 Å². The van der Waals surface area contributed by atoms with Gasteiger partial charge in [0.15, 0.2) is 0 Å². The zero-order chi connectivity index (χ0) is 20.9. The molecule has 0 unspecified atom stereocenters. The Morgan fingerprint density at radius 1 is 1.13 bits per heavy atom. The lowest BCUT2D eigenvalue weighted by atomic mass is 9.73. The lowest BCUT2D eigenvalue weighted by molar-refractivity contribution is -0.122. The molecule has 2 aliphatic rings. The van der Waals surface area contributed by atoms with Crippen molar-refractivity contribution in [2.75, 3.05) is 5.32 Å². The molecule has 1 aromatic heterocycles. The van der Waals surface area contributed by atoms with E-state index in [9.17, 15) is 9.18 Å². The van der Waals surface area contributed by atoms with Gasteiger partial charge in [0.05, 0.1) is 10.9 Å². The van der Waals surface area contributed by atoms with Crippen LogP contribution >= 0.6 is 11.6 Å². The standard InChI is InChI=1S/C25H24ClFN2O/c1-24(23(30)29-19-5-2-17(26)3-6-19)15-25(24)11-8-16(9-12-25)20-10-13-28-22-7-4-18(27)14-21(20)22/h2-7,10,13-14,16H,8-9,11-12,15H2,1H3,(H,29,30)/t16?,24-,25?/m1/s1. The molecule has 5 rings (SSSR count). The summed E-state index contributed by atoms with van der Waals surface area (Å²) in [5, 5.41) is 4.64. The highest BCUT2D eigenvalue weighted by atomic mass is 35.5. The molecule has 2 aliphatic carbocycles. The van der Waals surface area contributed by atoms with Gasteiger partial charge in [0, 0.05) is 22.3 Å². The van der Waals surface area contributed by atoms with Crippen molar-refractivity contribution in [3.8, 4) is 0 Å². The summed E-state index contributed by atoms with van der Waals surface area (Å²) in [7, 11) is 0. The molecule has 5 heteroatoms. The van der Waals surface area contributed by atoms with Crippen molar-refractivity contribution in [3.63, 3.8) is 0 Å². The van der Waals surface area contributed by atoms with Crippen molar-refractivity contribution in [2.45, 2.75) is 44.9 Å². The normalized spacial score (nSPS) is 27.9. The third kappa shape index (κ3) is 3.18. The monoisotopic (exact) mass is 422 g/mol. The Labute approximate surface area is 180 Å². The summed E-state index contributed by atoms with van der Waals surface area (Å²) in [6.45, 7) is 2.09. The van der Waals surface area contributed by atoms with Crippen LogP contribution in [0.3, 0.4) is 0 Å². The molecule has 154 valence electrons. The molecule has 2 saturated carbocycles. The highest BCUT2D eigenvalue weighted by Gasteiger charge is 2.68. The number of hydrogen-bond acceptors (Lipinski definition) is 2. The molecule has 30 heavy (non-hydrogen) atoms. The van der Waals surface area contributed by atoms with Crippen molar-refractivity contribution in [3.05, 3.63) is 71.1 Å². The predicted molar refractivity (Wildman–Crippen MR) is 118 cm³/mol. The molecule has 2 fully saturated rings. The lowest BCUT2D eigenvalue weighted by Gasteiger charge is -2.32. The number of carbonyl (C=O) groups excluding carboxylic acids is 1. The highest BCUT2D eigenvalue weighted by molar-refractivity contribution is 6.30. The van der Waals surface area contributed by atoms with Crippen LogP contribution in [0.5, 0.6) is 0 Å². The molecule has 1 atom stereocenters. The summed E-state index contributed by atoms with van der Waals surface area (Å²) >= 11 is 5.94. The third-order valence-electron chi connectivity index (χ3n) is 7.46. The van der Waals surface area contributed by atoms with E-state index in [1.807, 2.05) is 24.4 Å². The average molecular weight is 423 g/mol. The maximum absolute atomic E-state index is 13.8. The van der Waals surface area contributed by atoms with E-state index in [2.05, 4.69) is 17.2 Å². The Balaban J connectivity index is 1.30. The smallest absolute Gasteiger partial charge is 0.230 e. The summed E-state index contributed by atoms with van der Waals surface area (Å²) in [4.78, 5) is 17.4. The Kier molecular flexibility index (Phi) is 4.59. The molecule has 3 aromatic rings. The number of fused-ring (bicyclic) bond motifs is 1. The fourth-order valence-corrected chi connectivity index (χ4v) is 5.59. The van der Waals surface area contributed by atoms with Gasteiger partial charge in [-0.25, -0.2) is 4.39 Å². The topological polar surface area (TPSA) is 42.0 Å². The number of pyridine rings is 1. The summed E-state index contributed by atoms with van der Waals surface area (Å²) in [6, 6.07) is 14.1. The van der Waals surface area contributed by atoms with Crippen LogP contribution in [-0.2, 0) is 4.79 Å². The first kappa shape index (κ1) is 19.5. The highest BCUT2D eigenvalue weighted by Crippen LogP contribution is 2.71. The molecular formula is C25H24ClFN2O. The average Bonchev–Trinajstić information content (AvgIpc) is 3.34. The van der Waals surface area contributed by atoms with E-state index >= 15 is 0 Å². The summed E-state index contributed by atoms with van der Waals surface area (Å²) in [5.41, 5.74) is 2.56. The van der Waals surface area contributed by atoms with Crippen molar-refractivity contribution < 1.29 is 9.18 Å². The lowest BCUT2D eigenvalue weighted by Crippen LogP contribution is -2.29. The third-order valence-corrected chi connectivity index (χ3v) is 7.71. The van der Waals surface area contributed by atoms with Gasteiger partial charge in [-0.3, -0.25) is 9.78 Å². The zero-order valence-electron chi connectivity index (χ0n) is 16.9. The van der Waals surface area contributed by atoms with Gasteiger partial charge in [-0.05, 0) is 97.5 Å². The first-order chi connectivity index (χ1) is 14.4. The van der Waals surface area contributed by atoms with Gasteiger partial charge in [0.2, 0.25) is 5.91 Å². The number of carbonyl (C=O) groups is 1. The maximum Gasteiger partial charge on any atom is 0.230 e. The van der Waals surface area contributed by atoms with Gasteiger partial charge in [0.25, 0.3) is 0 Å². The van der Waals surface area contributed by atoms with Crippen LogP contribution in [0.15, 0.2) is 54.7 Å². The van der Waals surface area contributed by atoms with Gasteiger partial charge in [-0.1, -0.05) is 18.5 Å². The van der Waals surface area contributed by atoms with Gasteiger partial charge >= 0.3 is 0 Å². The molecule has 2 aromatic carbocycles. The summed E-state index contributed by atoms with van der Waals surface area (Å²) < 4.78 is 13.8. The second kappa shape index (κ2) is 7.05. The van der Waals surface area contributed by atoms with Crippen LogP contribution < -0.4 is 5.32 Å². The number of anilines is 1. The van der Waals surface area contributed by atoms with Crippen LogP contribution in [0.1, 0.15) is 50.5 Å². The number of amides is 1. The minimum absolute atomic E-state index is 0.0775. The molecule has 1 heterocycles. The van der Waals surface area contributed by atoms with Crippen molar-refractivity contribution >= 4 is 34.1 Å². The van der Waals surface area contributed by atoms with Crippen molar-refractivity contribution in [1.29, 1.82) is 0 Å². The minimum atomic E-state index is -0.329. The van der Waals surface area contributed by atoms with Crippen LogP contribution in [0.4, 0.5) is 10.1 Å². The number of hydrogen-bond donors (Lipinski definition) is 1. The number of rotatable bonds is 3. The van der Waals surface area contributed by atoms with Gasteiger partial charge in [-0.2, -0.15) is 0 Å². The Hall–Kier alpha value is -2.46. The number of nitrogens with one attached hydrogen (secondary N) is 1. The zero-order valence-corrected chi connectivity index (χ0v) is 17.7. The van der Waals surface area contributed by atoms with Crippen LogP contribution in [0, 0.1) is 16.6 Å². The second-order valence-corrected chi connectivity index (χ2v) is 9.52. The number of halogens is 2. The van der Waals surface area contributed by atoms with Gasteiger partial charge in [-0.15, -0.1) is 0 Å². The second-order valence-electron chi connectivity index (χ2n) is 9.09. The Morgan fingerprint density at radius 2 is 1.87 bits per heavy atom. The maximum atomic E-state index is 13.8.